The Morgan fingerprint density at radius 3 is 2.79 bits per heavy atom. The summed E-state index contributed by atoms with van der Waals surface area (Å²) in [5.74, 6) is -0.642. The number of methoxy groups -OCH3 is 1. The molecule has 1 heterocycles. The SMILES string of the molecule is COC[C@@H](C)c1ccc(OCC(=O)O)c(/C=C/c2[nH]c(=S)[nH]c(=O)c2C#N)c1. The van der Waals surface area contributed by atoms with E-state index in [0.717, 1.165) is 5.56 Å². The van der Waals surface area contributed by atoms with Crippen molar-refractivity contribution >= 4 is 30.3 Å². The van der Waals surface area contributed by atoms with Gasteiger partial charge in [-0.05, 0) is 42.1 Å². The molecule has 9 heteroatoms. The number of benzene rings is 1. The molecule has 0 spiro atoms. The minimum Gasteiger partial charge on any atom is -0.481 e. The van der Waals surface area contributed by atoms with Crippen molar-refractivity contribution in [3.05, 3.63) is 55.7 Å². The summed E-state index contributed by atoms with van der Waals surface area (Å²) in [6.45, 7) is 2.01. The zero-order valence-electron chi connectivity index (χ0n) is 15.3. The van der Waals surface area contributed by atoms with Crippen LogP contribution in [0.3, 0.4) is 0 Å². The first-order chi connectivity index (χ1) is 13.3. The van der Waals surface area contributed by atoms with E-state index in [9.17, 15) is 14.9 Å². The molecule has 28 heavy (non-hydrogen) atoms. The number of nitrogens with one attached hydrogen (secondary N) is 2. The molecule has 0 aliphatic rings. The molecule has 0 bridgehead atoms. The molecule has 0 aliphatic carbocycles. The van der Waals surface area contributed by atoms with Gasteiger partial charge in [0.15, 0.2) is 11.4 Å². The Kier molecular flexibility index (Phi) is 7.26. The molecule has 0 saturated heterocycles. The van der Waals surface area contributed by atoms with Crippen molar-refractivity contribution in [2.45, 2.75) is 12.8 Å². The average Bonchev–Trinajstić information content (AvgIpc) is 2.64. The molecule has 2 rings (SSSR count). The van der Waals surface area contributed by atoms with E-state index >= 15 is 0 Å². The molecule has 8 nitrogen and oxygen atoms in total. The molecule has 2 aromatic rings. The van der Waals surface area contributed by atoms with Gasteiger partial charge in [-0.2, -0.15) is 5.26 Å². The summed E-state index contributed by atoms with van der Waals surface area (Å²) in [6, 6.07) is 7.18. The number of aromatic nitrogens is 2. The Morgan fingerprint density at radius 2 is 2.14 bits per heavy atom. The summed E-state index contributed by atoms with van der Waals surface area (Å²) in [5.41, 5.74) is 1.10. The van der Waals surface area contributed by atoms with Crippen molar-refractivity contribution in [3.8, 4) is 11.8 Å². The third-order valence-electron chi connectivity index (χ3n) is 3.88. The van der Waals surface area contributed by atoms with Gasteiger partial charge in [0.25, 0.3) is 5.56 Å². The lowest BCUT2D eigenvalue weighted by atomic mass is 9.98. The number of nitriles is 1. The summed E-state index contributed by atoms with van der Waals surface area (Å²) < 4.78 is 10.6. The number of carbonyl (C=O) groups is 1. The number of nitrogens with zero attached hydrogens (tertiary/aromatic N) is 1. The van der Waals surface area contributed by atoms with Gasteiger partial charge < -0.3 is 19.6 Å². The second kappa shape index (κ2) is 9.64. The van der Waals surface area contributed by atoms with E-state index in [1.807, 2.05) is 25.1 Å². The molecule has 0 aliphatic heterocycles. The number of hydrogen-bond donors (Lipinski definition) is 3. The molecule has 0 fully saturated rings. The smallest absolute Gasteiger partial charge is 0.341 e. The Hall–Kier alpha value is -3.22. The van der Waals surface area contributed by atoms with E-state index < -0.39 is 18.1 Å². The van der Waals surface area contributed by atoms with E-state index in [-0.39, 0.29) is 21.9 Å². The maximum Gasteiger partial charge on any atom is 0.341 e. The standard InChI is InChI=1S/C19H19N3O5S/c1-11(9-26-2)12-4-6-16(27-10-17(23)24)13(7-12)3-5-15-14(8-20)18(25)22-19(28)21-15/h3-7,11H,9-10H2,1-2H3,(H,23,24)(H2,21,22,25,28)/b5-3+/t11-/m1/s1. The molecule has 0 amide bonds. The monoisotopic (exact) mass is 401 g/mol. The van der Waals surface area contributed by atoms with E-state index in [4.69, 9.17) is 26.8 Å². The fourth-order valence-electron chi connectivity index (χ4n) is 2.53. The van der Waals surface area contributed by atoms with Gasteiger partial charge >= 0.3 is 5.97 Å². The first kappa shape index (κ1) is 21.1. The zero-order valence-corrected chi connectivity index (χ0v) is 16.1. The first-order valence-electron chi connectivity index (χ1n) is 8.28. The summed E-state index contributed by atoms with van der Waals surface area (Å²) in [7, 11) is 1.61. The van der Waals surface area contributed by atoms with Crippen LogP contribution < -0.4 is 10.3 Å². The molecular weight excluding hydrogens is 382 g/mol. The van der Waals surface area contributed by atoms with Gasteiger partial charge in [-0.3, -0.25) is 9.78 Å². The number of carboxylic acids is 1. The molecule has 1 aromatic carbocycles. The number of ether oxygens (including phenoxy) is 2. The molecule has 3 N–H and O–H groups in total. The summed E-state index contributed by atoms with van der Waals surface area (Å²) in [5, 5.41) is 18.1. The predicted molar refractivity (Wildman–Crippen MR) is 106 cm³/mol. The third kappa shape index (κ3) is 5.39. The summed E-state index contributed by atoms with van der Waals surface area (Å²) >= 11 is 4.95. The highest BCUT2D eigenvalue weighted by Gasteiger charge is 2.11. The number of aliphatic carboxylic acids is 1. The summed E-state index contributed by atoms with van der Waals surface area (Å²) in [4.78, 5) is 27.8. The first-order valence-corrected chi connectivity index (χ1v) is 8.68. The maximum absolute atomic E-state index is 11.9. The molecule has 1 aromatic heterocycles. The van der Waals surface area contributed by atoms with Crippen LogP contribution >= 0.6 is 12.2 Å². The van der Waals surface area contributed by atoms with Gasteiger partial charge in [-0.15, -0.1) is 0 Å². The van der Waals surface area contributed by atoms with Crippen molar-refractivity contribution in [1.29, 1.82) is 5.26 Å². The zero-order chi connectivity index (χ0) is 20.7. The van der Waals surface area contributed by atoms with E-state index in [2.05, 4.69) is 9.97 Å². The van der Waals surface area contributed by atoms with Crippen LogP contribution in [0, 0.1) is 16.1 Å². The largest absolute Gasteiger partial charge is 0.481 e. The number of hydrogen-bond acceptors (Lipinski definition) is 6. The highest BCUT2D eigenvalue weighted by atomic mass is 32.1. The average molecular weight is 401 g/mol. The third-order valence-corrected chi connectivity index (χ3v) is 4.09. The van der Waals surface area contributed by atoms with Crippen LogP contribution in [-0.2, 0) is 9.53 Å². The summed E-state index contributed by atoms with van der Waals surface area (Å²) in [6.07, 6.45) is 3.15. The normalized spacial score (nSPS) is 11.9. The van der Waals surface area contributed by atoms with Crippen molar-refractivity contribution < 1.29 is 19.4 Å². The number of carboxylic acid groups (broad SMARTS) is 1. The van der Waals surface area contributed by atoms with Crippen LogP contribution in [-0.4, -0.2) is 41.4 Å². The molecule has 146 valence electrons. The Bertz CT molecular complexity index is 1050. The van der Waals surface area contributed by atoms with Crippen LogP contribution in [0.25, 0.3) is 12.2 Å². The van der Waals surface area contributed by atoms with Crippen molar-refractivity contribution in [2.75, 3.05) is 20.3 Å². The van der Waals surface area contributed by atoms with Crippen LogP contribution in [0.5, 0.6) is 5.75 Å². The molecule has 0 saturated carbocycles. The van der Waals surface area contributed by atoms with Crippen LogP contribution in [0.1, 0.15) is 35.2 Å². The second-order valence-electron chi connectivity index (χ2n) is 5.98. The maximum atomic E-state index is 11.9. The van der Waals surface area contributed by atoms with Gasteiger partial charge in [-0.1, -0.05) is 13.0 Å². The van der Waals surface area contributed by atoms with Gasteiger partial charge in [0.2, 0.25) is 0 Å². The highest BCUT2D eigenvalue weighted by molar-refractivity contribution is 7.71. The number of rotatable bonds is 8. The van der Waals surface area contributed by atoms with E-state index in [1.54, 1.807) is 19.3 Å². The lowest BCUT2D eigenvalue weighted by Gasteiger charge is -2.14. The van der Waals surface area contributed by atoms with Crippen molar-refractivity contribution in [2.24, 2.45) is 0 Å². The minimum atomic E-state index is -1.10. The van der Waals surface area contributed by atoms with Gasteiger partial charge in [0.05, 0.1) is 12.3 Å². The Balaban J connectivity index is 2.49. The second-order valence-corrected chi connectivity index (χ2v) is 6.39. The fraction of sp³-hybridized carbons (Fsp3) is 0.263. The van der Waals surface area contributed by atoms with E-state index in [0.29, 0.717) is 17.9 Å². The van der Waals surface area contributed by atoms with Gasteiger partial charge in [-0.25, -0.2) is 4.79 Å². The van der Waals surface area contributed by atoms with Gasteiger partial charge in [0.1, 0.15) is 17.4 Å². The quantitative estimate of drug-likeness (QED) is 0.580. The Labute approximate surface area is 166 Å². The van der Waals surface area contributed by atoms with Crippen LogP contribution in [0.2, 0.25) is 0 Å². The lowest BCUT2D eigenvalue weighted by Crippen LogP contribution is -2.13. The van der Waals surface area contributed by atoms with Crippen LogP contribution in [0.15, 0.2) is 23.0 Å². The fourth-order valence-corrected chi connectivity index (χ4v) is 2.74. The molecule has 0 unspecified atom stereocenters. The predicted octanol–water partition coefficient (Wildman–Crippen LogP) is 2.69. The molecule has 0 radical (unpaired) electrons. The Morgan fingerprint density at radius 1 is 1.39 bits per heavy atom. The van der Waals surface area contributed by atoms with Crippen molar-refractivity contribution in [1.82, 2.24) is 9.97 Å². The van der Waals surface area contributed by atoms with Crippen molar-refractivity contribution in [3.63, 3.8) is 0 Å². The van der Waals surface area contributed by atoms with E-state index in [1.165, 1.54) is 6.08 Å². The molecular formula is C19H19N3O5S. The topological polar surface area (TPSA) is 128 Å². The number of aromatic amines is 2. The minimum absolute atomic E-state index is 0.0912. The van der Waals surface area contributed by atoms with Gasteiger partial charge in [0, 0.05) is 18.6 Å². The molecule has 1 atom stereocenters. The highest BCUT2D eigenvalue weighted by Crippen LogP contribution is 2.26. The lowest BCUT2D eigenvalue weighted by molar-refractivity contribution is -0.139. The number of H-pyrrole nitrogens is 2. The van der Waals surface area contributed by atoms with Crippen LogP contribution in [0.4, 0.5) is 0 Å².